The van der Waals surface area contributed by atoms with Gasteiger partial charge in [0.1, 0.15) is 0 Å². The highest BCUT2D eigenvalue weighted by Gasteiger charge is 2.06. The van der Waals surface area contributed by atoms with Crippen LogP contribution in [0.15, 0.2) is 30.6 Å². The van der Waals surface area contributed by atoms with Crippen LogP contribution in [0.25, 0.3) is 5.69 Å². The minimum atomic E-state index is -0.364. The van der Waals surface area contributed by atoms with Crippen molar-refractivity contribution in [1.29, 1.82) is 0 Å². The summed E-state index contributed by atoms with van der Waals surface area (Å²) >= 11 is 0. The molecular weight excluding hydrogens is 282 g/mol. The maximum absolute atomic E-state index is 11.7. The van der Waals surface area contributed by atoms with Crippen molar-refractivity contribution in [2.24, 2.45) is 5.73 Å². The fourth-order valence-electron chi connectivity index (χ4n) is 1.92. The molecule has 0 atom stereocenters. The number of anilines is 1. The number of imidazole rings is 1. The quantitative estimate of drug-likeness (QED) is 0.748. The van der Waals surface area contributed by atoms with E-state index >= 15 is 0 Å². The summed E-state index contributed by atoms with van der Waals surface area (Å²) in [6, 6.07) is 7.38. The molecule has 116 valence electrons. The van der Waals surface area contributed by atoms with Crippen LogP contribution in [0.4, 0.5) is 5.69 Å². The lowest BCUT2D eigenvalue weighted by Crippen LogP contribution is -2.36. The molecule has 7 heteroatoms. The molecule has 0 unspecified atom stereocenters. The Morgan fingerprint density at radius 1 is 1.18 bits per heavy atom. The predicted molar refractivity (Wildman–Crippen MR) is 83.7 cm³/mol. The van der Waals surface area contributed by atoms with Gasteiger partial charge >= 0.3 is 0 Å². The Kier molecular flexibility index (Phi) is 4.90. The molecule has 1 heterocycles. The summed E-state index contributed by atoms with van der Waals surface area (Å²) in [4.78, 5) is 26.9. The molecule has 0 aliphatic heterocycles. The molecule has 2 aromatic rings. The van der Waals surface area contributed by atoms with E-state index in [9.17, 15) is 9.59 Å². The molecule has 7 nitrogen and oxygen atoms in total. The first-order valence-corrected chi connectivity index (χ1v) is 6.89. The number of benzene rings is 1. The van der Waals surface area contributed by atoms with Gasteiger partial charge in [-0.05, 0) is 38.1 Å². The predicted octanol–water partition coefficient (Wildman–Crippen LogP) is 0.503. The number of aromatic nitrogens is 2. The number of amides is 2. The van der Waals surface area contributed by atoms with Crippen molar-refractivity contribution in [2.45, 2.75) is 13.8 Å². The van der Waals surface area contributed by atoms with Crippen molar-refractivity contribution in [1.82, 2.24) is 14.9 Å². The van der Waals surface area contributed by atoms with Crippen molar-refractivity contribution in [3.05, 3.63) is 42.0 Å². The van der Waals surface area contributed by atoms with Gasteiger partial charge in [0.25, 0.3) is 0 Å². The van der Waals surface area contributed by atoms with Crippen LogP contribution in [0.5, 0.6) is 0 Å². The number of carbonyl (C=O) groups excluding carboxylic acids is 2. The zero-order valence-corrected chi connectivity index (χ0v) is 12.6. The third-order valence-electron chi connectivity index (χ3n) is 3.31. The SMILES string of the molecule is Cc1ncn(-c2ccc(NC(=O)CNC(=O)CN)cc2)c1C. The fourth-order valence-corrected chi connectivity index (χ4v) is 1.92. The molecule has 0 aliphatic rings. The van der Waals surface area contributed by atoms with Gasteiger partial charge in [0.15, 0.2) is 0 Å². The summed E-state index contributed by atoms with van der Waals surface area (Å²) in [5.41, 5.74) is 8.82. The number of hydrogen-bond donors (Lipinski definition) is 3. The Morgan fingerprint density at radius 2 is 1.86 bits per heavy atom. The number of hydrogen-bond acceptors (Lipinski definition) is 4. The number of aryl methyl sites for hydroxylation is 1. The van der Waals surface area contributed by atoms with E-state index in [0.29, 0.717) is 5.69 Å². The van der Waals surface area contributed by atoms with E-state index < -0.39 is 0 Å². The Morgan fingerprint density at radius 3 is 2.41 bits per heavy atom. The first-order chi connectivity index (χ1) is 10.5. The first-order valence-electron chi connectivity index (χ1n) is 6.89. The first kappa shape index (κ1) is 15.7. The summed E-state index contributed by atoms with van der Waals surface area (Å²) in [5.74, 6) is -0.666. The second kappa shape index (κ2) is 6.86. The zero-order valence-electron chi connectivity index (χ0n) is 12.6. The third kappa shape index (κ3) is 3.70. The third-order valence-corrected chi connectivity index (χ3v) is 3.31. The Labute approximate surface area is 128 Å². The lowest BCUT2D eigenvalue weighted by atomic mass is 10.2. The van der Waals surface area contributed by atoms with Crippen molar-refractivity contribution in [2.75, 3.05) is 18.4 Å². The summed E-state index contributed by atoms with van der Waals surface area (Å²) in [6.45, 7) is 3.72. The van der Waals surface area contributed by atoms with Gasteiger partial charge in [-0.25, -0.2) is 4.98 Å². The smallest absolute Gasteiger partial charge is 0.243 e. The molecular formula is C15H19N5O2. The second-order valence-electron chi connectivity index (χ2n) is 4.86. The summed E-state index contributed by atoms with van der Waals surface area (Å²) in [7, 11) is 0. The summed E-state index contributed by atoms with van der Waals surface area (Å²) < 4.78 is 1.97. The van der Waals surface area contributed by atoms with E-state index in [2.05, 4.69) is 15.6 Å². The Hall–Kier alpha value is -2.67. The topological polar surface area (TPSA) is 102 Å². The minimum absolute atomic E-state index is 0.0996. The van der Waals surface area contributed by atoms with Crippen molar-refractivity contribution in [3.63, 3.8) is 0 Å². The molecule has 2 amide bonds. The second-order valence-corrected chi connectivity index (χ2v) is 4.86. The van der Waals surface area contributed by atoms with E-state index in [-0.39, 0.29) is 24.9 Å². The molecule has 0 aliphatic carbocycles. The number of nitrogens with one attached hydrogen (secondary N) is 2. The van der Waals surface area contributed by atoms with Crippen LogP contribution >= 0.6 is 0 Å². The lowest BCUT2D eigenvalue weighted by molar-refractivity contribution is -0.123. The van der Waals surface area contributed by atoms with Gasteiger partial charge in [-0.3, -0.25) is 9.59 Å². The van der Waals surface area contributed by atoms with Gasteiger partial charge in [-0.1, -0.05) is 0 Å². The number of carbonyl (C=O) groups is 2. The normalized spacial score (nSPS) is 10.3. The van der Waals surface area contributed by atoms with E-state index in [1.165, 1.54) is 0 Å². The average Bonchev–Trinajstić information content (AvgIpc) is 2.85. The van der Waals surface area contributed by atoms with Crippen molar-refractivity contribution < 1.29 is 9.59 Å². The average molecular weight is 301 g/mol. The van der Waals surface area contributed by atoms with Gasteiger partial charge in [-0.15, -0.1) is 0 Å². The monoisotopic (exact) mass is 301 g/mol. The van der Waals surface area contributed by atoms with Crippen LogP contribution in [0.1, 0.15) is 11.4 Å². The van der Waals surface area contributed by atoms with Crippen molar-refractivity contribution in [3.8, 4) is 5.69 Å². The minimum Gasteiger partial charge on any atom is -0.346 e. The molecule has 1 aromatic carbocycles. The molecule has 0 bridgehead atoms. The van der Waals surface area contributed by atoms with Crippen LogP contribution in [0.2, 0.25) is 0 Å². The van der Waals surface area contributed by atoms with Gasteiger partial charge in [0.2, 0.25) is 11.8 Å². The Balaban J connectivity index is 1.99. The Bertz CT molecular complexity index is 676. The molecule has 0 fully saturated rings. The molecule has 1 aromatic heterocycles. The van der Waals surface area contributed by atoms with Crippen LogP contribution in [-0.2, 0) is 9.59 Å². The molecule has 2 rings (SSSR count). The van der Waals surface area contributed by atoms with Crippen LogP contribution in [0.3, 0.4) is 0 Å². The largest absolute Gasteiger partial charge is 0.346 e. The highest BCUT2D eigenvalue weighted by atomic mass is 16.2. The summed E-state index contributed by atoms with van der Waals surface area (Å²) in [6.07, 6.45) is 1.76. The van der Waals surface area contributed by atoms with Crippen LogP contribution < -0.4 is 16.4 Å². The van der Waals surface area contributed by atoms with Gasteiger partial charge < -0.3 is 20.9 Å². The number of nitrogens with zero attached hydrogens (tertiary/aromatic N) is 2. The highest BCUT2D eigenvalue weighted by Crippen LogP contribution is 2.16. The van der Waals surface area contributed by atoms with Gasteiger partial charge in [0, 0.05) is 17.1 Å². The van der Waals surface area contributed by atoms with E-state index in [0.717, 1.165) is 17.1 Å². The standard InChI is InChI=1S/C15H19N5O2/c1-10-11(2)20(9-18-10)13-5-3-12(4-6-13)19-15(22)8-17-14(21)7-16/h3-6,9H,7-8,16H2,1-2H3,(H,17,21)(H,19,22). The van der Waals surface area contributed by atoms with Gasteiger partial charge in [0.05, 0.1) is 25.1 Å². The molecule has 0 radical (unpaired) electrons. The molecule has 22 heavy (non-hydrogen) atoms. The molecule has 0 saturated heterocycles. The molecule has 0 spiro atoms. The lowest BCUT2D eigenvalue weighted by Gasteiger charge is -2.09. The zero-order chi connectivity index (χ0) is 16.1. The van der Waals surface area contributed by atoms with Crippen LogP contribution in [-0.4, -0.2) is 34.5 Å². The maximum atomic E-state index is 11.7. The van der Waals surface area contributed by atoms with Crippen LogP contribution in [0, 0.1) is 13.8 Å². The van der Waals surface area contributed by atoms with E-state index in [1.807, 2.05) is 30.5 Å². The molecule has 4 N–H and O–H groups in total. The fraction of sp³-hybridized carbons (Fsp3) is 0.267. The van der Waals surface area contributed by atoms with Crippen molar-refractivity contribution >= 4 is 17.5 Å². The highest BCUT2D eigenvalue weighted by molar-refractivity contribution is 5.94. The maximum Gasteiger partial charge on any atom is 0.243 e. The van der Waals surface area contributed by atoms with E-state index in [4.69, 9.17) is 5.73 Å². The summed E-state index contributed by atoms with van der Waals surface area (Å²) in [5, 5.41) is 5.11. The van der Waals surface area contributed by atoms with Gasteiger partial charge in [-0.2, -0.15) is 0 Å². The number of nitrogens with two attached hydrogens (primary N) is 1. The van der Waals surface area contributed by atoms with E-state index in [1.54, 1.807) is 18.5 Å². The number of rotatable bonds is 5. The molecule has 0 saturated carbocycles.